The fraction of sp³-hybridized carbons (Fsp3) is 0.385. The lowest BCUT2D eigenvalue weighted by atomic mass is 10.1. The van der Waals surface area contributed by atoms with Crippen molar-refractivity contribution in [1.29, 1.82) is 0 Å². The molecule has 1 unspecified atom stereocenters. The monoisotopic (exact) mass is 263 g/mol. The van der Waals surface area contributed by atoms with Gasteiger partial charge in [-0.05, 0) is 6.07 Å². The first kappa shape index (κ1) is 13.5. The molecule has 1 aromatic rings. The van der Waals surface area contributed by atoms with Gasteiger partial charge >= 0.3 is 0 Å². The molecule has 1 aliphatic heterocycles. The number of hydrogen-bond acceptors (Lipinski definition) is 4. The zero-order valence-corrected chi connectivity index (χ0v) is 11.3. The first-order valence-electron chi connectivity index (χ1n) is 6.08. The fourth-order valence-electron chi connectivity index (χ4n) is 1.91. The van der Waals surface area contributed by atoms with Gasteiger partial charge in [0.05, 0.1) is 21.1 Å². The number of carbonyl (C=O) groups is 1. The summed E-state index contributed by atoms with van der Waals surface area (Å²) in [6.45, 7) is 0.321. The van der Waals surface area contributed by atoms with E-state index in [1.54, 1.807) is 0 Å². The highest BCUT2D eigenvalue weighted by Crippen LogP contribution is 2.24. The van der Waals surface area contributed by atoms with Crippen LogP contribution in [0.5, 0.6) is 0 Å². The SMILES string of the molecule is C[N+](C)(C)CC(=O)NN=C1c2ccccc2NC1O. The number of hydrogen-bond donors (Lipinski definition) is 3. The molecule has 6 heteroatoms. The summed E-state index contributed by atoms with van der Waals surface area (Å²) in [4.78, 5) is 11.7. The molecule has 1 atom stereocenters. The third-order valence-corrected chi connectivity index (χ3v) is 2.67. The molecule has 19 heavy (non-hydrogen) atoms. The molecule has 6 nitrogen and oxygen atoms in total. The van der Waals surface area contributed by atoms with Crippen LogP contribution in [0.4, 0.5) is 5.69 Å². The number of rotatable bonds is 3. The lowest BCUT2D eigenvalue weighted by molar-refractivity contribution is -0.862. The van der Waals surface area contributed by atoms with Gasteiger partial charge < -0.3 is 14.9 Å². The number of anilines is 1. The van der Waals surface area contributed by atoms with Crippen molar-refractivity contribution < 1.29 is 14.4 Å². The molecule has 0 radical (unpaired) electrons. The maximum absolute atomic E-state index is 11.7. The van der Waals surface area contributed by atoms with Gasteiger partial charge in [0.25, 0.3) is 5.91 Å². The Morgan fingerprint density at radius 2 is 2.11 bits per heavy atom. The van der Waals surface area contributed by atoms with Crippen LogP contribution < -0.4 is 10.7 Å². The number of benzene rings is 1. The molecule has 0 saturated heterocycles. The Bertz CT molecular complexity index is 520. The Kier molecular flexibility index (Phi) is 3.55. The number of nitrogens with zero attached hydrogens (tertiary/aromatic N) is 2. The van der Waals surface area contributed by atoms with Crippen LogP contribution in [0.1, 0.15) is 5.56 Å². The van der Waals surface area contributed by atoms with Gasteiger partial charge in [0.15, 0.2) is 12.8 Å². The van der Waals surface area contributed by atoms with Crippen LogP contribution >= 0.6 is 0 Å². The topological polar surface area (TPSA) is 73.7 Å². The van der Waals surface area contributed by atoms with Crippen molar-refractivity contribution in [2.45, 2.75) is 6.23 Å². The first-order valence-corrected chi connectivity index (χ1v) is 6.08. The van der Waals surface area contributed by atoms with E-state index in [-0.39, 0.29) is 5.91 Å². The highest BCUT2D eigenvalue weighted by atomic mass is 16.3. The summed E-state index contributed by atoms with van der Waals surface area (Å²) < 4.78 is 0.522. The standard InChI is InChI=1S/C13H18N4O2/c1-17(2,3)8-11(18)15-16-12-9-6-4-5-7-10(9)14-13(12)19/h4-7,13,19H,8H2,1-3H3,(H-,14,15,16,18)/p+1. The zero-order chi connectivity index (χ0) is 14.0. The number of likely N-dealkylation sites (N-methyl/N-ethyl adjacent to an activating group) is 1. The van der Waals surface area contributed by atoms with E-state index in [9.17, 15) is 9.90 Å². The average molecular weight is 263 g/mol. The van der Waals surface area contributed by atoms with E-state index in [1.807, 2.05) is 45.4 Å². The Balaban J connectivity index is 2.10. The van der Waals surface area contributed by atoms with E-state index in [1.165, 1.54) is 0 Å². The lowest BCUT2D eigenvalue weighted by Gasteiger charge is -2.22. The average Bonchev–Trinajstić information content (AvgIpc) is 2.60. The minimum absolute atomic E-state index is 0.184. The summed E-state index contributed by atoms with van der Waals surface area (Å²) in [6.07, 6.45) is -0.887. The molecule has 3 N–H and O–H groups in total. The number of fused-ring (bicyclic) bond motifs is 1. The van der Waals surface area contributed by atoms with Crippen LogP contribution in [-0.4, -0.2) is 55.1 Å². The van der Waals surface area contributed by atoms with Gasteiger partial charge in [-0.15, -0.1) is 0 Å². The molecule has 0 aromatic heterocycles. The smallest absolute Gasteiger partial charge is 0.295 e. The lowest BCUT2D eigenvalue weighted by Crippen LogP contribution is -2.43. The number of hydrazone groups is 1. The summed E-state index contributed by atoms with van der Waals surface area (Å²) in [5.41, 5.74) is 4.54. The number of nitrogens with one attached hydrogen (secondary N) is 2. The van der Waals surface area contributed by atoms with Crippen molar-refractivity contribution in [3.63, 3.8) is 0 Å². The highest BCUT2D eigenvalue weighted by Gasteiger charge is 2.26. The van der Waals surface area contributed by atoms with Crippen LogP contribution in [-0.2, 0) is 4.79 Å². The largest absolute Gasteiger partial charge is 0.368 e. The van der Waals surface area contributed by atoms with Gasteiger partial charge in [0.1, 0.15) is 5.71 Å². The summed E-state index contributed by atoms with van der Waals surface area (Å²) in [7, 11) is 5.77. The van der Waals surface area contributed by atoms with Gasteiger partial charge in [-0.1, -0.05) is 18.2 Å². The van der Waals surface area contributed by atoms with Crippen molar-refractivity contribution in [3.05, 3.63) is 29.8 Å². The van der Waals surface area contributed by atoms with Gasteiger partial charge in [-0.25, -0.2) is 5.43 Å². The second kappa shape index (κ2) is 4.99. The maximum atomic E-state index is 11.7. The van der Waals surface area contributed by atoms with Crippen molar-refractivity contribution in [3.8, 4) is 0 Å². The van der Waals surface area contributed by atoms with E-state index < -0.39 is 6.23 Å². The van der Waals surface area contributed by atoms with E-state index in [0.717, 1.165) is 11.3 Å². The molecule has 1 aromatic carbocycles. The van der Waals surface area contributed by atoms with Crippen LogP contribution in [0.3, 0.4) is 0 Å². The van der Waals surface area contributed by atoms with Crippen molar-refractivity contribution in [2.75, 3.05) is 33.0 Å². The predicted octanol–water partition coefficient (Wildman–Crippen LogP) is -0.0430. The molecule has 0 fully saturated rings. The molecule has 0 aliphatic carbocycles. The van der Waals surface area contributed by atoms with E-state index >= 15 is 0 Å². The van der Waals surface area contributed by atoms with Crippen LogP contribution in [0.2, 0.25) is 0 Å². The minimum Gasteiger partial charge on any atom is -0.368 e. The third-order valence-electron chi connectivity index (χ3n) is 2.67. The molecular weight excluding hydrogens is 244 g/mol. The number of para-hydroxylation sites is 1. The molecule has 0 bridgehead atoms. The van der Waals surface area contributed by atoms with Gasteiger partial charge in [-0.3, -0.25) is 4.79 Å². The number of quaternary nitrogens is 1. The van der Waals surface area contributed by atoms with Crippen molar-refractivity contribution in [2.24, 2.45) is 5.10 Å². The van der Waals surface area contributed by atoms with Gasteiger partial charge in [-0.2, -0.15) is 5.10 Å². The van der Waals surface area contributed by atoms with Crippen LogP contribution in [0, 0.1) is 0 Å². The van der Waals surface area contributed by atoms with Crippen LogP contribution in [0.15, 0.2) is 29.4 Å². The molecule has 0 spiro atoms. The molecule has 1 aliphatic rings. The summed E-state index contributed by atoms with van der Waals surface area (Å²) in [6, 6.07) is 7.44. The molecule has 1 amide bonds. The third kappa shape index (κ3) is 3.30. The number of carbonyl (C=O) groups excluding carboxylic acids is 1. The Morgan fingerprint density at radius 1 is 1.42 bits per heavy atom. The van der Waals surface area contributed by atoms with Gasteiger partial charge in [0.2, 0.25) is 0 Å². The van der Waals surface area contributed by atoms with Crippen molar-refractivity contribution in [1.82, 2.24) is 5.43 Å². The Hall–Kier alpha value is -1.92. The predicted molar refractivity (Wildman–Crippen MR) is 73.7 cm³/mol. The summed E-state index contributed by atoms with van der Waals surface area (Å²) >= 11 is 0. The van der Waals surface area contributed by atoms with Crippen LogP contribution in [0.25, 0.3) is 0 Å². The van der Waals surface area contributed by atoms with E-state index in [2.05, 4.69) is 15.8 Å². The molecule has 0 saturated carbocycles. The summed E-state index contributed by atoms with van der Waals surface area (Å²) in [5.74, 6) is -0.184. The highest BCUT2D eigenvalue weighted by molar-refractivity contribution is 6.12. The normalized spacial score (nSPS) is 20.0. The fourth-order valence-corrected chi connectivity index (χ4v) is 1.91. The molecular formula is C13H19N4O2+. The first-order chi connectivity index (χ1) is 8.87. The van der Waals surface area contributed by atoms with Crippen molar-refractivity contribution >= 4 is 17.3 Å². The Morgan fingerprint density at radius 3 is 2.79 bits per heavy atom. The summed E-state index contributed by atoms with van der Waals surface area (Å²) in [5, 5.41) is 16.8. The Labute approximate surface area is 112 Å². The molecule has 2 rings (SSSR count). The maximum Gasteiger partial charge on any atom is 0.295 e. The molecule has 102 valence electrons. The van der Waals surface area contributed by atoms with E-state index in [0.29, 0.717) is 16.7 Å². The second-order valence-corrected chi connectivity index (χ2v) is 5.57. The van der Waals surface area contributed by atoms with E-state index in [4.69, 9.17) is 0 Å². The quantitative estimate of drug-likeness (QED) is 0.529. The number of amides is 1. The minimum atomic E-state index is -0.887. The zero-order valence-electron chi connectivity index (χ0n) is 11.3. The number of aliphatic hydroxyl groups is 1. The number of aliphatic hydroxyl groups excluding tert-OH is 1. The molecule has 1 heterocycles. The second-order valence-electron chi connectivity index (χ2n) is 5.57. The van der Waals surface area contributed by atoms with Gasteiger partial charge in [0, 0.05) is 11.3 Å².